The molecule has 0 saturated heterocycles. The van der Waals surface area contributed by atoms with Gasteiger partial charge in [0.1, 0.15) is 11.9 Å². The summed E-state index contributed by atoms with van der Waals surface area (Å²) >= 11 is 0. The van der Waals surface area contributed by atoms with Crippen molar-refractivity contribution in [1.82, 2.24) is 5.32 Å². The van der Waals surface area contributed by atoms with E-state index in [2.05, 4.69) is 5.32 Å². The molecule has 2 N–H and O–H groups in total. The molecule has 0 aliphatic carbocycles. The Balaban J connectivity index is 2.62. The Bertz CT molecular complexity index is 381. The number of carboxylic acids is 1. The fourth-order valence-corrected chi connectivity index (χ4v) is 1.62. The maximum absolute atomic E-state index is 12.8. The van der Waals surface area contributed by atoms with Gasteiger partial charge in [-0.2, -0.15) is 0 Å². The lowest BCUT2D eigenvalue weighted by Crippen LogP contribution is -2.45. The van der Waals surface area contributed by atoms with Crippen LogP contribution in [0.3, 0.4) is 0 Å². The average Bonchev–Trinajstić information content (AvgIpc) is 2.34. The number of nitrogens with one attached hydrogen (secondary N) is 1. The third-order valence-corrected chi connectivity index (χ3v) is 2.66. The van der Waals surface area contributed by atoms with Gasteiger partial charge in [0.15, 0.2) is 0 Å². The van der Waals surface area contributed by atoms with Crippen LogP contribution >= 0.6 is 0 Å². The van der Waals surface area contributed by atoms with Gasteiger partial charge in [0.05, 0.1) is 0 Å². The summed E-state index contributed by atoms with van der Waals surface area (Å²) in [6.07, 6.45) is 0.879. The van der Waals surface area contributed by atoms with E-state index in [1.807, 2.05) is 6.92 Å². The van der Waals surface area contributed by atoms with E-state index in [1.54, 1.807) is 24.1 Å². The van der Waals surface area contributed by atoms with Crippen LogP contribution in [0.15, 0.2) is 24.3 Å². The number of hydrogen-bond acceptors (Lipinski definition) is 3. The highest BCUT2D eigenvalue weighted by Crippen LogP contribution is 2.13. The summed E-state index contributed by atoms with van der Waals surface area (Å²) in [5.74, 6) is -1.18. The first-order chi connectivity index (χ1) is 8.54. The van der Waals surface area contributed by atoms with Crippen LogP contribution in [-0.2, 0) is 4.79 Å². The van der Waals surface area contributed by atoms with E-state index in [0.29, 0.717) is 13.1 Å². The molecule has 0 aromatic heterocycles. The van der Waals surface area contributed by atoms with Crippen LogP contribution in [0, 0.1) is 5.82 Å². The highest BCUT2D eigenvalue weighted by atomic mass is 19.1. The summed E-state index contributed by atoms with van der Waals surface area (Å²) in [6, 6.07) is 5.37. The molecule has 0 aliphatic heterocycles. The zero-order valence-corrected chi connectivity index (χ0v) is 10.7. The van der Waals surface area contributed by atoms with Gasteiger partial charge in [0.25, 0.3) is 0 Å². The summed E-state index contributed by atoms with van der Waals surface area (Å²) in [6.45, 7) is 2.98. The maximum Gasteiger partial charge on any atom is 0.322 e. The largest absolute Gasteiger partial charge is 0.480 e. The molecule has 1 aromatic rings. The SMILES string of the molecule is CCCNC(CN(C)c1ccc(F)cc1)C(=O)O. The second-order valence-corrected chi connectivity index (χ2v) is 4.20. The predicted molar refractivity (Wildman–Crippen MR) is 69.4 cm³/mol. The van der Waals surface area contributed by atoms with Crippen molar-refractivity contribution in [3.63, 3.8) is 0 Å². The van der Waals surface area contributed by atoms with E-state index in [1.165, 1.54) is 12.1 Å². The number of halogens is 1. The van der Waals surface area contributed by atoms with Gasteiger partial charge < -0.3 is 15.3 Å². The molecule has 0 aliphatic rings. The Labute approximate surface area is 106 Å². The fourth-order valence-electron chi connectivity index (χ4n) is 1.62. The number of hydrogen-bond donors (Lipinski definition) is 2. The van der Waals surface area contributed by atoms with Crippen LogP contribution in [0.4, 0.5) is 10.1 Å². The Morgan fingerprint density at radius 1 is 1.44 bits per heavy atom. The highest BCUT2D eigenvalue weighted by molar-refractivity contribution is 5.74. The van der Waals surface area contributed by atoms with Crippen molar-refractivity contribution in [2.24, 2.45) is 0 Å². The molecule has 0 spiro atoms. The molecular formula is C13H19FN2O2. The molecule has 0 heterocycles. The quantitative estimate of drug-likeness (QED) is 0.778. The first-order valence-electron chi connectivity index (χ1n) is 5.97. The van der Waals surface area contributed by atoms with Crippen LogP contribution in [0.2, 0.25) is 0 Å². The molecule has 18 heavy (non-hydrogen) atoms. The number of carbonyl (C=O) groups is 1. The predicted octanol–water partition coefficient (Wildman–Crippen LogP) is 1.71. The maximum atomic E-state index is 12.8. The molecule has 5 heteroatoms. The molecule has 0 saturated carbocycles. The lowest BCUT2D eigenvalue weighted by atomic mass is 10.2. The van der Waals surface area contributed by atoms with Crippen LogP contribution < -0.4 is 10.2 Å². The molecule has 4 nitrogen and oxygen atoms in total. The molecular weight excluding hydrogens is 235 g/mol. The Morgan fingerprint density at radius 2 is 2.06 bits per heavy atom. The van der Waals surface area contributed by atoms with E-state index in [-0.39, 0.29) is 5.82 Å². The molecule has 1 aromatic carbocycles. The van der Waals surface area contributed by atoms with Crippen molar-refractivity contribution >= 4 is 11.7 Å². The lowest BCUT2D eigenvalue weighted by Gasteiger charge is -2.24. The number of aliphatic carboxylic acids is 1. The van der Waals surface area contributed by atoms with Gasteiger partial charge in [-0.25, -0.2) is 4.39 Å². The molecule has 100 valence electrons. The van der Waals surface area contributed by atoms with E-state index in [0.717, 1.165) is 12.1 Å². The minimum absolute atomic E-state index is 0.300. The van der Waals surface area contributed by atoms with Crippen molar-refractivity contribution in [2.75, 3.05) is 25.0 Å². The van der Waals surface area contributed by atoms with Crippen molar-refractivity contribution in [3.8, 4) is 0 Å². The van der Waals surface area contributed by atoms with Crippen LogP contribution in [0.25, 0.3) is 0 Å². The minimum Gasteiger partial charge on any atom is -0.480 e. The third-order valence-electron chi connectivity index (χ3n) is 2.66. The van der Waals surface area contributed by atoms with Gasteiger partial charge in [-0.15, -0.1) is 0 Å². The molecule has 1 rings (SSSR count). The van der Waals surface area contributed by atoms with Gasteiger partial charge in [-0.1, -0.05) is 6.92 Å². The number of likely N-dealkylation sites (N-methyl/N-ethyl adjacent to an activating group) is 1. The van der Waals surface area contributed by atoms with Crippen molar-refractivity contribution in [2.45, 2.75) is 19.4 Å². The van der Waals surface area contributed by atoms with Crippen LogP contribution in [0.1, 0.15) is 13.3 Å². The normalized spacial score (nSPS) is 12.2. The van der Waals surface area contributed by atoms with E-state index < -0.39 is 12.0 Å². The Morgan fingerprint density at radius 3 is 2.56 bits per heavy atom. The van der Waals surface area contributed by atoms with E-state index in [4.69, 9.17) is 5.11 Å². The van der Waals surface area contributed by atoms with Crippen molar-refractivity contribution in [1.29, 1.82) is 0 Å². The van der Waals surface area contributed by atoms with Crippen LogP contribution in [-0.4, -0.2) is 37.3 Å². The second-order valence-electron chi connectivity index (χ2n) is 4.20. The first kappa shape index (κ1) is 14.4. The highest BCUT2D eigenvalue weighted by Gasteiger charge is 2.18. The van der Waals surface area contributed by atoms with Gasteiger partial charge in [-0.05, 0) is 37.2 Å². The van der Waals surface area contributed by atoms with Gasteiger partial charge in [-0.3, -0.25) is 4.79 Å². The first-order valence-corrected chi connectivity index (χ1v) is 5.97. The Kier molecular flexibility index (Phi) is 5.58. The van der Waals surface area contributed by atoms with Crippen LogP contribution in [0.5, 0.6) is 0 Å². The number of anilines is 1. The molecule has 0 fully saturated rings. The van der Waals surface area contributed by atoms with E-state index >= 15 is 0 Å². The topological polar surface area (TPSA) is 52.6 Å². The standard InChI is InChI=1S/C13H19FN2O2/c1-3-8-15-12(13(17)18)9-16(2)11-6-4-10(14)5-7-11/h4-7,12,15H,3,8-9H2,1-2H3,(H,17,18). The zero-order chi connectivity index (χ0) is 13.5. The number of carboxylic acid groups (broad SMARTS) is 1. The van der Waals surface area contributed by atoms with Crippen molar-refractivity contribution < 1.29 is 14.3 Å². The summed E-state index contributed by atoms with van der Waals surface area (Å²) in [5, 5.41) is 12.1. The van der Waals surface area contributed by atoms with Gasteiger partial charge in [0.2, 0.25) is 0 Å². The third kappa shape index (κ3) is 4.33. The average molecular weight is 254 g/mol. The molecule has 0 radical (unpaired) electrons. The van der Waals surface area contributed by atoms with E-state index in [9.17, 15) is 9.18 Å². The second kappa shape index (κ2) is 6.96. The molecule has 0 amide bonds. The van der Waals surface area contributed by atoms with Gasteiger partial charge in [0, 0.05) is 19.3 Å². The van der Waals surface area contributed by atoms with Crippen molar-refractivity contribution in [3.05, 3.63) is 30.1 Å². The molecule has 1 unspecified atom stereocenters. The molecule has 0 bridgehead atoms. The summed E-state index contributed by atoms with van der Waals surface area (Å²) in [4.78, 5) is 12.9. The minimum atomic E-state index is -0.877. The summed E-state index contributed by atoms with van der Waals surface area (Å²) in [7, 11) is 1.79. The monoisotopic (exact) mass is 254 g/mol. The lowest BCUT2D eigenvalue weighted by molar-refractivity contribution is -0.139. The molecule has 1 atom stereocenters. The Hall–Kier alpha value is -1.62. The van der Waals surface area contributed by atoms with Gasteiger partial charge >= 0.3 is 5.97 Å². The number of rotatable bonds is 7. The summed E-state index contributed by atoms with van der Waals surface area (Å²) in [5.41, 5.74) is 0.793. The number of nitrogens with zero attached hydrogens (tertiary/aromatic N) is 1. The number of benzene rings is 1. The smallest absolute Gasteiger partial charge is 0.322 e. The zero-order valence-electron chi connectivity index (χ0n) is 10.7. The fraction of sp³-hybridized carbons (Fsp3) is 0.462. The summed E-state index contributed by atoms with van der Waals surface area (Å²) < 4.78 is 12.8.